The van der Waals surface area contributed by atoms with Crippen molar-refractivity contribution in [3.63, 3.8) is 0 Å². The van der Waals surface area contributed by atoms with Gasteiger partial charge in [0.2, 0.25) is 5.91 Å². The van der Waals surface area contributed by atoms with Crippen molar-refractivity contribution in [1.29, 1.82) is 0 Å². The van der Waals surface area contributed by atoms with Gasteiger partial charge in [0, 0.05) is 18.0 Å². The molecule has 0 bridgehead atoms. The van der Waals surface area contributed by atoms with Gasteiger partial charge in [0.05, 0.1) is 12.6 Å². The summed E-state index contributed by atoms with van der Waals surface area (Å²) in [4.78, 5) is 18.9. The first kappa shape index (κ1) is 26.2. The summed E-state index contributed by atoms with van der Waals surface area (Å²) >= 11 is 1.75. The number of aryl methyl sites for hydroxylation is 1. The van der Waals surface area contributed by atoms with E-state index in [1.54, 1.807) is 11.3 Å². The Balaban J connectivity index is 1.39. The summed E-state index contributed by atoms with van der Waals surface area (Å²) < 4.78 is 11.9. The van der Waals surface area contributed by atoms with E-state index in [1.807, 2.05) is 71.3 Å². The molecule has 2 unspecified atom stereocenters. The first-order valence-corrected chi connectivity index (χ1v) is 13.5. The Labute approximate surface area is 218 Å². The maximum atomic E-state index is 13.6. The number of thiophene rings is 1. The van der Waals surface area contributed by atoms with E-state index in [0.717, 1.165) is 36.4 Å². The number of nitrogens with zero attached hydrogens (tertiary/aromatic N) is 2. The first-order chi connectivity index (χ1) is 17.5. The molecule has 1 N–H and O–H groups in total. The lowest BCUT2D eigenvalue weighted by molar-refractivity contribution is -0.136. The van der Waals surface area contributed by atoms with Crippen LogP contribution in [0.4, 0.5) is 0 Å². The monoisotopic (exact) mass is 508 g/mol. The van der Waals surface area contributed by atoms with Crippen LogP contribution in [0.2, 0.25) is 0 Å². The fourth-order valence-corrected chi connectivity index (χ4v) is 5.58. The van der Waals surface area contributed by atoms with Gasteiger partial charge in [0.15, 0.2) is 0 Å². The molecule has 7 heteroatoms. The largest absolute Gasteiger partial charge is 0.491 e. The molecule has 1 aliphatic rings. The highest BCUT2D eigenvalue weighted by Crippen LogP contribution is 2.34. The number of hydrogen-bond acceptors (Lipinski definition) is 6. The van der Waals surface area contributed by atoms with Crippen LogP contribution in [-0.4, -0.2) is 66.3 Å². The zero-order chi connectivity index (χ0) is 25.3. The minimum Gasteiger partial charge on any atom is -0.491 e. The molecular formula is C29H36N2O4S. The van der Waals surface area contributed by atoms with E-state index in [1.165, 1.54) is 10.4 Å². The third-order valence-corrected chi connectivity index (χ3v) is 7.36. The number of para-hydroxylation sites is 1. The Hall–Kier alpha value is -2.87. The molecule has 0 spiro atoms. The fraction of sp³-hybridized carbons (Fsp3) is 0.414. The van der Waals surface area contributed by atoms with Gasteiger partial charge in [-0.1, -0.05) is 37.3 Å². The van der Waals surface area contributed by atoms with E-state index in [4.69, 9.17) is 9.47 Å². The number of fused-ring (bicyclic) bond motifs is 1. The SMILES string of the molecule is CCCN(CC(=O)N1CCc2sccc2C1COc1cccc(C)c1)CC(O)COc1ccccc1. The minimum atomic E-state index is -0.685. The zero-order valence-corrected chi connectivity index (χ0v) is 22.0. The number of carbonyl (C=O) groups is 1. The second kappa shape index (κ2) is 12.9. The van der Waals surface area contributed by atoms with Crippen LogP contribution in [0.5, 0.6) is 11.5 Å². The lowest BCUT2D eigenvalue weighted by Gasteiger charge is -2.37. The topological polar surface area (TPSA) is 62.2 Å². The summed E-state index contributed by atoms with van der Waals surface area (Å²) in [5.41, 5.74) is 2.33. The van der Waals surface area contributed by atoms with Gasteiger partial charge in [0.25, 0.3) is 0 Å². The van der Waals surface area contributed by atoms with E-state index < -0.39 is 6.10 Å². The summed E-state index contributed by atoms with van der Waals surface area (Å²) in [6, 6.07) is 19.5. The van der Waals surface area contributed by atoms with Crippen molar-refractivity contribution in [1.82, 2.24) is 9.80 Å². The molecule has 6 nitrogen and oxygen atoms in total. The van der Waals surface area contributed by atoms with Crippen LogP contribution >= 0.6 is 11.3 Å². The zero-order valence-electron chi connectivity index (χ0n) is 21.1. The number of aliphatic hydroxyl groups excluding tert-OH is 1. The molecule has 0 saturated heterocycles. The van der Waals surface area contributed by atoms with Gasteiger partial charge in [-0.15, -0.1) is 11.3 Å². The molecule has 192 valence electrons. The molecule has 1 aromatic heterocycles. The maximum absolute atomic E-state index is 13.6. The number of aliphatic hydroxyl groups is 1. The van der Waals surface area contributed by atoms with E-state index in [-0.39, 0.29) is 25.1 Å². The van der Waals surface area contributed by atoms with Crippen LogP contribution in [0.25, 0.3) is 0 Å². The van der Waals surface area contributed by atoms with E-state index >= 15 is 0 Å². The summed E-state index contributed by atoms with van der Waals surface area (Å²) in [6.07, 6.45) is 1.07. The Morgan fingerprint density at radius 1 is 1.14 bits per heavy atom. The minimum absolute atomic E-state index is 0.0642. The number of rotatable bonds is 12. The second-order valence-corrected chi connectivity index (χ2v) is 10.3. The molecule has 1 aliphatic heterocycles. The molecular weight excluding hydrogens is 472 g/mol. The van der Waals surface area contributed by atoms with Crippen molar-refractivity contribution in [3.8, 4) is 11.5 Å². The van der Waals surface area contributed by atoms with Gasteiger partial charge in [0.1, 0.15) is 30.8 Å². The number of hydrogen-bond donors (Lipinski definition) is 1. The predicted molar refractivity (Wildman–Crippen MR) is 144 cm³/mol. The first-order valence-electron chi connectivity index (χ1n) is 12.7. The molecule has 2 atom stereocenters. The van der Waals surface area contributed by atoms with Gasteiger partial charge in [-0.25, -0.2) is 0 Å². The van der Waals surface area contributed by atoms with Gasteiger partial charge < -0.3 is 19.5 Å². The standard InChI is InChI=1S/C29H36N2O4S/c1-3-14-30(18-23(32)20-34-24-9-5-4-6-10-24)19-29(33)31-15-12-28-26(13-16-36-28)27(31)21-35-25-11-7-8-22(2)17-25/h4-11,13,16-17,23,27,32H,3,12,14-15,18-21H2,1-2H3. The predicted octanol–water partition coefficient (Wildman–Crippen LogP) is 4.71. The van der Waals surface area contributed by atoms with Crippen LogP contribution in [-0.2, 0) is 11.2 Å². The fourth-order valence-electron chi connectivity index (χ4n) is 4.65. The van der Waals surface area contributed by atoms with Crippen LogP contribution in [0.3, 0.4) is 0 Å². The van der Waals surface area contributed by atoms with Crippen molar-refractivity contribution in [2.45, 2.75) is 38.8 Å². The van der Waals surface area contributed by atoms with Crippen molar-refractivity contribution >= 4 is 17.2 Å². The molecule has 3 aromatic rings. The Morgan fingerprint density at radius 2 is 1.94 bits per heavy atom. The number of carbonyl (C=O) groups excluding carboxylic acids is 1. The van der Waals surface area contributed by atoms with Gasteiger partial charge in [-0.3, -0.25) is 9.69 Å². The van der Waals surface area contributed by atoms with Crippen molar-refractivity contribution < 1.29 is 19.4 Å². The van der Waals surface area contributed by atoms with Crippen LogP contribution in [0.15, 0.2) is 66.0 Å². The van der Waals surface area contributed by atoms with Gasteiger partial charge in [-0.2, -0.15) is 0 Å². The molecule has 1 amide bonds. The van der Waals surface area contributed by atoms with Gasteiger partial charge >= 0.3 is 0 Å². The lowest BCUT2D eigenvalue weighted by atomic mass is 10.0. The molecule has 0 fully saturated rings. The molecule has 0 aliphatic carbocycles. The summed E-state index contributed by atoms with van der Waals surface area (Å²) in [7, 11) is 0. The highest BCUT2D eigenvalue weighted by Gasteiger charge is 2.33. The van der Waals surface area contributed by atoms with Crippen LogP contribution < -0.4 is 9.47 Å². The third-order valence-electron chi connectivity index (χ3n) is 6.37. The number of amides is 1. The molecule has 36 heavy (non-hydrogen) atoms. The van der Waals surface area contributed by atoms with E-state index in [2.05, 4.69) is 18.4 Å². The third kappa shape index (κ3) is 7.09. The number of ether oxygens (including phenoxy) is 2. The normalized spacial score (nSPS) is 16.0. The average Bonchev–Trinajstić information content (AvgIpc) is 3.36. The highest BCUT2D eigenvalue weighted by molar-refractivity contribution is 7.10. The molecule has 4 rings (SSSR count). The van der Waals surface area contributed by atoms with E-state index in [0.29, 0.717) is 19.7 Å². The summed E-state index contributed by atoms with van der Waals surface area (Å²) in [5, 5.41) is 12.7. The lowest BCUT2D eigenvalue weighted by Crippen LogP contribution is -2.48. The summed E-state index contributed by atoms with van der Waals surface area (Å²) in [6.45, 7) is 6.78. The van der Waals surface area contributed by atoms with Crippen LogP contribution in [0, 0.1) is 6.92 Å². The van der Waals surface area contributed by atoms with Crippen molar-refractivity contribution in [3.05, 3.63) is 82.0 Å². The van der Waals surface area contributed by atoms with Gasteiger partial charge in [-0.05, 0) is 73.1 Å². The molecule has 0 saturated carbocycles. The van der Waals surface area contributed by atoms with Crippen LogP contribution in [0.1, 0.15) is 35.4 Å². The average molecular weight is 509 g/mol. The Morgan fingerprint density at radius 3 is 2.72 bits per heavy atom. The Kier molecular flexibility index (Phi) is 9.39. The summed E-state index contributed by atoms with van der Waals surface area (Å²) in [5.74, 6) is 1.61. The highest BCUT2D eigenvalue weighted by atomic mass is 32.1. The maximum Gasteiger partial charge on any atom is 0.237 e. The smallest absolute Gasteiger partial charge is 0.237 e. The molecule has 2 aromatic carbocycles. The molecule has 0 radical (unpaired) electrons. The number of benzene rings is 2. The Bertz CT molecular complexity index is 1100. The van der Waals surface area contributed by atoms with Crippen molar-refractivity contribution in [2.24, 2.45) is 0 Å². The van der Waals surface area contributed by atoms with E-state index in [9.17, 15) is 9.90 Å². The quantitative estimate of drug-likeness (QED) is 0.384. The molecule has 2 heterocycles. The second-order valence-electron chi connectivity index (χ2n) is 9.29. The van der Waals surface area contributed by atoms with Crippen molar-refractivity contribution in [2.75, 3.05) is 39.4 Å².